The Morgan fingerprint density at radius 2 is 2.04 bits per heavy atom. The number of carbonyl (C=O) groups excluding carboxylic acids is 2. The van der Waals surface area contributed by atoms with E-state index in [1.165, 1.54) is 28.0 Å². The minimum absolute atomic E-state index is 0.0830. The zero-order valence-corrected chi connectivity index (χ0v) is 14.8. The third-order valence-electron chi connectivity index (χ3n) is 2.94. The molecule has 0 saturated carbocycles. The minimum atomic E-state index is -0.424. The van der Waals surface area contributed by atoms with Gasteiger partial charge in [0.15, 0.2) is 4.34 Å². The number of nitrogens with two attached hydrogens (primary N) is 1. The molecule has 0 aliphatic heterocycles. The van der Waals surface area contributed by atoms with Crippen LogP contribution in [0.15, 0.2) is 34.7 Å². The summed E-state index contributed by atoms with van der Waals surface area (Å²) in [6.45, 7) is 2.28. The number of hydrogen-bond donors (Lipinski definition) is 1. The first-order chi connectivity index (χ1) is 11.6. The highest BCUT2D eigenvalue weighted by Gasteiger charge is 2.19. The van der Waals surface area contributed by atoms with Crippen LogP contribution in [0, 0.1) is 0 Å². The lowest BCUT2D eigenvalue weighted by atomic mass is 10.2. The minimum Gasteiger partial charge on any atom is -0.465 e. The highest BCUT2D eigenvalue weighted by atomic mass is 32.2. The first-order valence-corrected chi connectivity index (χ1v) is 9.07. The average molecular weight is 366 g/mol. The fourth-order valence-electron chi connectivity index (χ4n) is 1.89. The zero-order chi connectivity index (χ0) is 17.4. The number of ether oxygens (including phenoxy) is 1. The first kappa shape index (κ1) is 18.2. The van der Waals surface area contributed by atoms with E-state index in [2.05, 4.69) is 10.2 Å². The van der Waals surface area contributed by atoms with Gasteiger partial charge < -0.3 is 15.4 Å². The van der Waals surface area contributed by atoms with Crippen molar-refractivity contribution >= 4 is 40.1 Å². The van der Waals surface area contributed by atoms with Gasteiger partial charge in [-0.25, -0.2) is 0 Å². The molecular weight excluding hydrogens is 348 g/mol. The van der Waals surface area contributed by atoms with Crippen molar-refractivity contribution in [1.82, 2.24) is 15.1 Å². The van der Waals surface area contributed by atoms with Crippen molar-refractivity contribution in [3.05, 3.63) is 35.9 Å². The molecule has 7 nitrogen and oxygen atoms in total. The number of nitrogen functional groups attached to an aromatic ring is 1. The summed E-state index contributed by atoms with van der Waals surface area (Å²) in [4.78, 5) is 25.7. The van der Waals surface area contributed by atoms with Crippen molar-refractivity contribution in [3.63, 3.8) is 0 Å². The summed E-state index contributed by atoms with van der Waals surface area (Å²) < 4.78 is 5.57. The molecule has 2 rings (SSSR count). The lowest BCUT2D eigenvalue weighted by molar-refractivity contribution is -0.148. The molecule has 1 heterocycles. The largest absolute Gasteiger partial charge is 0.465 e. The van der Waals surface area contributed by atoms with E-state index in [0.29, 0.717) is 16.0 Å². The van der Waals surface area contributed by atoms with Crippen molar-refractivity contribution in [1.29, 1.82) is 0 Å². The molecule has 9 heteroatoms. The van der Waals surface area contributed by atoms with Gasteiger partial charge in [-0.05, 0) is 12.5 Å². The van der Waals surface area contributed by atoms with E-state index >= 15 is 0 Å². The summed E-state index contributed by atoms with van der Waals surface area (Å²) in [5.74, 6) is -0.446. The summed E-state index contributed by atoms with van der Waals surface area (Å²) in [6, 6.07) is 9.49. The molecule has 24 heavy (non-hydrogen) atoms. The summed E-state index contributed by atoms with van der Waals surface area (Å²) in [5.41, 5.74) is 6.47. The van der Waals surface area contributed by atoms with Gasteiger partial charge in [0.2, 0.25) is 11.0 Å². The molecule has 1 aromatic heterocycles. The summed E-state index contributed by atoms with van der Waals surface area (Å²) in [7, 11) is 0. The predicted octanol–water partition coefficient (Wildman–Crippen LogP) is 1.80. The number of nitrogens with zero attached hydrogens (tertiary/aromatic N) is 3. The molecule has 128 valence electrons. The standard InChI is InChI=1S/C15H18N4O3S2/c1-2-22-13(21)9-19(8-11-6-4-3-5-7-11)12(20)10-23-15-18-17-14(16)24-15/h3-7H,2,8-10H2,1H3,(H2,16,17). The quantitative estimate of drug-likeness (QED) is 0.562. The first-order valence-electron chi connectivity index (χ1n) is 7.27. The summed E-state index contributed by atoms with van der Waals surface area (Å²) in [6.07, 6.45) is 0. The van der Waals surface area contributed by atoms with Gasteiger partial charge in [0.25, 0.3) is 0 Å². The number of thioether (sulfide) groups is 1. The molecule has 0 radical (unpaired) electrons. The molecule has 0 unspecified atom stereocenters. The molecule has 0 bridgehead atoms. The lowest BCUT2D eigenvalue weighted by Gasteiger charge is -2.21. The number of carbonyl (C=O) groups is 2. The molecule has 0 fully saturated rings. The van der Waals surface area contributed by atoms with Crippen LogP contribution in [0.5, 0.6) is 0 Å². The summed E-state index contributed by atoms with van der Waals surface area (Å²) >= 11 is 2.47. The third kappa shape index (κ3) is 5.82. The van der Waals surface area contributed by atoms with E-state index in [1.807, 2.05) is 30.3 Å². The number of esters is 1. The number of anilines is 1. The van der Waals surface area contributed by atoms with E-state index in [9.17, 15) is 9.59 Å². The second-order valence-electron chi connectivity index (χ2n) is 4.74. The molecule has 0 atom stereocenters. The third-order valence-corrected chi connectivity index (χ3v) is 4.81. The van der Waals surface area contributed by atoms with E-state index in [1.54, 1.807) is 6.92 Å². The van der Waals surface area contributed by atoms with Gasteiger partial charge >= 0.3 is 5.97 Å². The Labute approximate surface area is 148 Å². The fourth-order valence-corrected chi connectivity index (χ4v) is 3.43. The number of rotatable bonds is 8. The monoisotopic (exact) mass is 366 g/mol. The SMILES string of the molecule is CCOC(=O)CN(Cc1ccccc1)C(=O)CSc1nnc(N)s1. The van der Waals surface area contributed by atoms with Gasteiger partial charge in [-0.1, -0.05) is 53.4 Å². The van der Waals surface area contributed by atoms with Gasteiger partial charge in [-0.2, -0.15) is 0 Å². The Morgan fingerprint density at radius 1 is 1.29 bits per heavy atom. The number of benzene rings is 1. The summed E-state index contributed by atoms with van der Waals surface area (Å²) in [5, 5.41) is 7.93. The Morgan fingerprint density at radius 3 is 2.67 bits per heavy atom. The van der Waals surface area contributed by atoms with Crippen LogP contribution in [-0.2, 0) is 20.9 Å². The van der Waals surface area contributed by atoms with Crippen LogP contribution in [0.25, 0.3) is 0 Å². The fraction of sp³-hybridized carbons (Fsp3) is 0.333. The maximum absolute atomic E-state index is 12.5. The molecule has 0 aliphatic rings. The van der Waals surface area contributed by atoms with E-state index < -0.39 is 5.97 Å². The smallest absolute Gasteiger partial charge is 0.325 e. The molecule has 2 N–H and O–H groups in total. The maximum atomic E-state index is 12.5. The molecule has 1 amide bonds. The zero-order valence-electron chi connectivity index (χ0n) is 13.2. The van der Waals surface area contributed by atoms with Crippen molar-refractivity contribution < 1.29 is 14.3 Å². The molecule has 0 saturated heterocycles. The van der Waals surface area contributed by atoms with E-state index in [0.717, 1.165) is 5.56 Å². The van der Waals surface area contributed by atoms with Crippen molar-refractivity contribution in [2.45, 2.75) is 17.8 Å². The Bertz CT molecular complexity index is 678. The van der Waals surface area contributed by atoms with Crippen LogP contribution in [0.1, 0.15) is 12.5 Å². The normalized spacial score (nSPS) is 10.4. The van der Waals surface area contributed by atoms with Crippen LogP contribution in [0.3, 0.4) is 0 Å². The predicted molar refractivity (Wildman–Crippen MR) is 93.5 cm³/mol. The molecule has 0 spiro atoms. The Hall–Kier alpha value is -2.13. The number of hydrogen-bond acceptors (Lipinski definition) is 8. The van der Waals surface area contributed by atoms with E-state index in [4.69, 9.17) is 10.5 Å². The van der Waals surface area contributed by atoms with Crippen LogP contribution >= 0.6 is 23.1 Å². The van der Waals surface area contributed by atoms with Gasteiger partial charge in [-0.15, -0.1) is 10.2 Å². The van der Waals surface area contributed by atoms with Crippen molar-refractivity contribution in [2.75, 3.05) is 24.6 Å². The van der Waals surface area contributed by atoms with Gasteiger partial charge in [0, 0.05) is 6.54 Å². The van der Waals surface area contributed by atoms with E-state index in [-0.39, 0.29) is 24.8 Å². The second kappa shape index (κ2) is 9.24. The van der Waals surface area contributed by atoms with Crippen LogP contribution in [0.4, 0.5) is 5.13 Å². The van der Waals surface area contributed by atoms with Gasteiger partial charge in [0.05, 0.1) is 12.4 Å². The topological polar surface area (TPSA) is 98.4 Å². The molecule has 0 aliphatic carbocycles. The van der Waals surface area contributed by atoms with Gasteiger partial charge in [-0.3, -0.25) is 9.59 Å². The van der Waals surface area contributed by atoms with Gasteiger partial charge in [0.1, 0.15) is 6.54 Å². The molecular formula is C15H18N4O3S2. The number of aromatic nitrogens is 2. The maximum Gasteiger partial charge on any atom is 0.325 e. The average Bonchev–Trinajstić information content (AvgIpc) is 2.98. The van der Waals surface area contributed by atoms with Crippen LogP contribution in [-0.4, -0.2) is 45.9 Å². The van der Waals surface area contributed by atoms with Crippen molar-refractivity contribution in [3.8, 4) is 0 Å². The number of amides is 1. The highest BCUT2D eigenvalue weighted by Crippen LogP contribution is 2.23. The Balaban J connectivity index is 1.99. The highest BCUT2D eigenvalue weighted by molar-refractivity contribution is 8.01. The second-order valence-corrected chi connectivity index (χ2v) is 6.97. The molecule has 1 aromatic carbocycles. The molecule has 2 aromatic rings. The Kier molecular flexibility index (Phi) is 7.01. The van der Waals surface area contributed by atoms with Crippen LogP contribution in [0.2, 0.25) is 0 Å². The van der Waals surface area contributed by atoms with Crippen LogP contribution < -0.4 is 5.73 Å². The van der Waals surface area contributed by atoms with Crippen molar-refractivity contribution in [2.24, 2.45) is 0 Å². The lowest BCUT2D eigenvalue weighted by Crippen LogP contribution is -2.37.